The minimum absolute atomic E-state index is 0.169. The van der Waals surface area contributed by atoms with E-state index >= 15 is 0 Å². The molecule has 1 heterocycles. The standard InChI is InChI=1S/C14H19FN2O2/c15-11-3-1-4-12(9-11)17-14(18)10-16-7-6-13-5-2-8-19-13/h1,3-4,9,13,16H,2,5-8,10H2,(H,17,18). The van der Waals surface area contributed by atoms with Crippen molar-refractivity contribution in [3.8, 4) is 0 Å². The maximum Gasteiger partial charge on any atom is 0.238 e. The number of nitrogens with one attached hydrogen (secondary N) is 2. The Labute approximate surface area is 112 Å². The first kappa shape index (κ1) is 14.0. The number of anilines is 1. The average molecular weight is 266 g/mol. The van der Waals surface area contributed by atoms with Gasteiger partial charge in [0.1, 0.15) is 5.82 Å². The van der Waals surface area contributed by atoms with Crippen molar-refractivity contribution in [1.82, 2.24) is 5.32 Å². The second-order valence-corrected chi connectivity index (χ2v) is 4.66. The van der Waals surface area contributed by atoms with Gasteiger partial charge < -0.3 is 15.4 Å². The van der Waals surface area contributed by atoms with Crippen LogP contribution in [0.15, 0.2) is 24.3 Å². The van der Waals surface area contributed by atoms with Crippen molar-refractivity contribution < 1.29 is 13.9 Å². The van der Waals surface area contributed by atoms with Crippen LogP contribution in [-0.2, 0) is 9.53 Å². The Morgan fingerprint density at radius 1 is 1.47 bits per heavy atom. The summed E-state index contributed by atoms with van der Waals surface area (Å²) >= 11 is 0. The molecule has 2 rings (SSSR count). The van der Waals surface area contributed by atoms with Crippen LogP contribution in [0, 0.1) is 5.82 Å². The third-order valence-corrected chi connectivity index (χ3v) is 3.06. The number of carbonyl (C=O) groups excluding carboxylic acids is 1. The van der Waals surface area contributed by atoms with E-state index in [4.69, 9.17) is 4.74 Å². The molecule has 5 heteroatoms. The fraction of sp³-hybridized carbons (Fsp3) is 0.500. The Balaban J connectivity index is 1.61. The zero-order valence-electron chi connectivity index (χ0n) is 10.8. The van der Waals surface area contributed by atoms with Crippen molar-refractivity contribution in [2.45, 2.75) is 25.4 Å². The summed E-state index contributed by atoms with van der Waals surface area (Å²) in [5.41, 5.74) is 0.478. The first-order valence-corrected chi connectivity index (χ1v) is 6.62. The normalized spacial score (nSPS) is 18.5. The summed E-state index contributed by atoms with van der Waals surface area (Å²) in [6.45, 7) is 1.83. The van der Waals surface area contributed by atoms with Crippen molar-refractivity contribution in [1.29, 1.82) is 0 Å². The van der Waals surface area contributed by atoms with Gasteiger partial charge in [-0.05, 0) is 44.0 Å². The van der Waals surface area contributed by atoms with E-state index in [1.54, 1.807) is 12.1 Å². The molecule has 0 bridgehead atoms. The average Bonchev–Trinajstić information content (AvgIpc) is 2.88. The highest BCUT2D eigenvalue weighted by Gasteiger charge is 2.14. The smallest absolute Gasteiger partial charge is 0.238 e. The maximum absolute atomic E-state index is 12.9. The topological polar surface area (TPSA) is 50.4 Å². The van der Waals surface area contributed by atoms with Crippen LogP contribution in [-0.4, -0.2) is 31.7 Å². The van der Waals surface area contributed by atoms with Gasteiger partial charge >= 0.3 is 0 Å². The lowest BCUT2D eigenvalue weighted by Gasteiger charge is -2.10. The molecule has 1 saturated heterocycles. The quantitative estimate of drug-likeness (QED) is 0.773. The van der Waals surface area contributed by atoms with Gasteiger partial charge in [0.15, 0.2) is 0 Å². The molecule has 1 unspecified atom stereocenters. The summed E-state index contributed by atoms with van der Waals surface area (Å²) in [4.78, 5) is 11.6. The van der Waals surface area contributed by atoms with Gasteiger partial charge in [-0.3, -0.25) is 4.79 Å². The third kappa shape index (κ3) is 4.96. The number of halogens is 1. The molecule has 0 spiro atoms. The van der Waals surface area contributed by atoms with E-state index in [1.807, 2.05) is 0 Å². The Hall–Kier alpha value is -1.46. The molecule has 2 N–H and O–H groups in total. The van der Waals surface area contributed by atoms with Crippen LogP contribution in [0.25, 0.3) is 0 Å². The molecule has 19 heavy (non-hydrogen) atoms. The van der Waals surface area contributed by atoms with Gasteiger partial charge in [-0.25, -0.2) is 4.39 Å². The monoisotopic (exact) mass is 266 g/mol. The fourth-order valence-corrected chi connectivity index (χ4v) is 2.11. The molecule has 1 atom stereocenters. The number of rotatable bonds is 6. The molecular formula is C14H19FN2O2. The van der Waals surface area contributed by atoms with Gasteiger partial charge in [-0.2, -0.15) is 0 Å². The van der Waals surface area contributed by atoms with E-state index in [1.165, 1.54) is 12.1 Å². The van der Waals surface area contributed by atoms with Gasteiger partial charge in [0.05, 0.1) is 12.6 Å². The molecular weight excluding hydrogens is 247 g/mol. The Bertz CT molecular complexity index is 420. The van der Waals surface area contributed by atoms with Crippen molar-refractivity contribution in [2.24, 2.45) is 0 Å². The summed E-state index contributed by atoms with van der Waals surface area (Å²) in [7, 11) is 0. The lowest BCUT2D eigenvalue weighted by atomic mass is 10.2. The SMILES string of the molecule is O=C(CNCCC1CCCO1)Nc1cccc(F)c1. The van der Waals surface area contributed by atoms with Crippen molar-refractivity contribution in [2.75, 3.05) is 25.0 Å². The third-order valence-electron chi connectivity index (χ3n) is 3.06. The van der Waals surface area contributed by atoms with E-state index in [0.717, 1.165) is 32.4 Å². The zero-order chi connectivity index (χ0) is 13.5. The summed E-state index contributed by atoms with van der Waals surface area (Å²) in [6, 6.07) is 5.86. The molecule has 0 aromatic heterocycles. The minimum Gasteiger partial charge on any atom is -0.378 e. The van der Waals surface area contributed by atoms with Gasteiger partial charge in [-0.1, -0.05) is 6.07 Å². The Morgan fingerprint density at radius 3 is 3.11 bits per heavy atom. The molecule has 104 valence electrons. The molecule has 1 aliphatic rings. The van der Waals surface area contributed by atoms with Gasteiger partial charge in [0, 0.05) is 12.3 Å². The van der Waals surface area contributed by atoms with Crippen LogP contribution in [0.2, 0.25) is 0 Å². The maximum atomic E-state index is 12.9. The summed E-state index contributed by atoms with van der Waals surface area (Å²) in [6.07, 6.45) is 3.49. The van der Waals surface area contributed by atoms with Crippen molar-refractivity contribution in [3.63, 3.8) is 0 Å². The van der Waals surface area contributed by atoms with E-state index in [9.17, 15) is 9.18 Å². The number of hydrogen-bond acceptors (Lipinski definition) is 3. The predicted octanol–water partition coefficient (Wildman–Crippen LogP) is 1.92. The van der Waals surface area contributed by atoms with E-state index in [-0.39, 0.29) is 18.3 Å². The minimum atomic E-state index is -0.357. The number of hydrogen-bond donors (Lipinski definition) is 2. The van der Waals surface area contributed by atoms with Gasteiger partial charge in [0.25, 0.3) is 0 Å². The summed E-state index contributed by atoms with van der Waals surface area (Å²) in [5.74, 6) is -0.526. The van der Waals surface area contributed by atoms with Crippen molar-refractivity contribution >= 4 is 11.6 Å². The molecule has 1 amide bonds. The largest absolute Gasteiger partial charge is 0.378 e. The van der Waals surface area contributed by atoms with E-state index in [2.05, 4.69) is 10.6 Å². The number of carbonyl (C=O) groups is 1. The molecule has 1 aliphatic heterocycles. The second kappa shape index (κ2) is 7.21. The Morgan fingerprint density at radius 2 is 2.37 bits per heavy atom. The van der Waals surface area contributed by atoms with Crippen LogP contribution in [0.3, 0.4) is 0 Å². The first-order chi connectivity index (χ1) is 9.24. The van der Waals surface area contributed by atoms with Gasteiger partial charge in [0.2, 0.25) is 5.91 Å². The molecule has 0 aliphatic carbocycles. The molecule has 0 radical (unpaired) electrons. The Kier molecular flexibility index (Phi) is 5.30. The number of benzene rings is 1. The first-order valence-electron chi connectivity index (χ1n) is 6.62. The van der Waals surface area contributed by atoms with Crippen LogP contribution in [0.4, 0.5) is 10.1 Å². The van der Waals surface area contributed by atoms with Crippen LogP contribution < -0.4 is 10.6 Å². The fourth-order valence-electron chi connectivity index (χ4n) is 2.11. The lowest BCUT2D eigenvalue weighted by Crippen LogP contribution is -2.30. The van der Waals surface area contributed by atoms with Crippen LogP contribution in [0.5, 0.6) is 0 Å². The van der Waals surface area contributed by atoms with Crippen LogP contribution >= 0.6 is 0 Å². The van der Waals surface area contributed by atoms with E-state index < -0.39 is 0 Å². The zero-order valence-corrected chi connectivity index (χ0v) is 10.8. The van der Waals surface area contributed by atoms with Gasteiger partial charge in [-0.15, -0.1) is 0 Å². The molecule has 0 saturated carbocycles. The highest BCUT2D eigenvalue weighted by atomic mass is 19.1. The molecule has 1 aromatic carbocycles. The highest BCUT2D eigenvalue weighted by Crippen LogP contribution is 2.14. The molecule has 4 nitrogen and oxygen atoms in total. The summed E-state index contributed by atoms with van der Waals surface area (Å²) in [5, 5.41) is 5.70. The predicted molar refractivity (Wildman–Crippen MR) is 71.5 cm³/mol. The number of amides is 1. The highest BCUT2D eigenvalue weighted by molar-refractivity contribution is 5.92. The van der Waals surface area contributed by atoms with E-state index in [0.29, 0.717) is 11.8 Å². The summed E-state index contributed by atoms with van der Waals surface area (Å²) < 4.78 is 18.4. The van der Waals surface area contributed by atoms with Crippen molar-refractivity contribution in [3.05, 3.63) is 30.1 Å². The number of ether oxygens (including phenoxy) is 1. The second-order valence-electron chi connectivity index (χ2n) is 4.66. The molecule has 1 fully saturated rings. The lowest BCUT2D eigenvalue weighted by molar-refractivity contribution is -0.115. The molecule has 1 aromatic rings. The van der Waals surface area contributed by atoms with Crippen LogP contribution in [0.1, 0.15) is 19.3 Å².